The molecule has 2 rings (SSSR count). The molecule has 1 fully saturated rings. The number of benzene rings is 1. The second-order valence-electron chi connectivity index (χ2n) is 5.97. The molecule has 0 saturated carbocycles. The van der Waals surface area contributed by atoms with Gasteiger partial charge >= 0.3 is 0 Å². The first-order valence-corrected chi connectivity index (χ1v) is 8.84. The molecule has 0 bridgehead atoms. The summed E-state index contributed by atoms with van der Waals surface area (Å²) < 4.78 is 24.8. The number of nitrogens with zero attached hydrogens (tertiary/aromatic N) is 1. The first kappa shape index (κ1) is 15.3. The topological polar surface area (TPSA) is 63.4 Å². The molecule has 1 saturated heterocycles. The van der Waals surface area contributed by atoms with Crippen LogP contribution in [-0.2, 0) is 9.84 Å². The zero-order valence-electron chi connectivity index (χ0n) is 12.3. The Morgan fingerprint density at radius 2 is 2.05 bits per heavy atom. The van der Waals surface area contributed by atoms with Gasteiger partial charge in [0.15, 0.2) is 9.84 Å². The summed E-state index contributed by atoms with van der Waals surface area (Å²) in [6.07, 6.45) is 1.64. The van der Waals surface area contributed by atoms with Gasteiger partial charge in [-0.1, -0.05) is 26.0 Å². The van der Waals surface area contributed by atoms with Gasteiger partial charge < -0.3 is 10.6 Å². The standard InChI is InChI=1S/C15H24N2O2S/c1-3-10-20(18,19)14-7-5-4-6-13(14)17-9-8-15(2,11-16)12-17/h4-7H,3,8-12,16H2,1-2H3. The molecule has 0 radical (unpaired) electrons. The number of hydrogen-bond donors (Lipinski definition) is 1. The fourth-order valence-corrected chi connectivity index (χ4v) is 4.32. The van der Waals surface area contributed by atoms with Gasteiger partial charge in [-0.2, -0.15) is 0 Å². The summed E-state index contributed by atoms with van der Waals surface area (Å²) in [6, 6.07) is 7.33. The second kappa shape index (κ2) is 5.74. The van der Waals surface area contributed by atoms with Crippen LogP contribution in [0, 0.1) is 5.41 Å². The highest BCUT2D eigenvalue weighted by atomic mass is 32.2. The SMILES string of the molecule is CCCS(=O)(=O)c1ccccc1N1CCC(C)(CN)C1. The van der Waals surface area contributed by atoms with E-state index in [1.165, 1.54) is 0 Å². The highest BCUT2D eigenvalue weighted by Crippen LogP contribution is 2.35. The summed E-state index contributed by atoms with van der Waals surface area (Å²) in [7, 11) is -3.20. The predicted molar refractivity (Wildman–Crippen MR) is 82.8 cm³/mol. The van der Waals surface area contributed by atoms with Gasteiger partial charge in [0.2, 0.25) is 0 Å². The zero-order chi connectivity index (χ0) is 14.8. The first-order valence-electron chi connectivity index (χ1n) is 7.19. The molecule has 2 N–H and O–H groups in total. The number of rotatable bonds is 5. The van der Waals surface area contributed by atoms with E-state index in [2.05, 4.69) is 11.8 Å². The molecule has 0 spiro atoms. The molecule has 1 aromatic rings. The van der Waals surface area contributed by atoms with Crippen LogP contribution in [0.3, 0.4) is 0 Å². The Balaban J connectivity index is 2.35. The average molecular weight is 296 g/mol. The van der Waals surface area contributed by atoms with Crippen LogP contribution in [0.2, 0.25) is 0 Å². The van der Waals surface area contributed by atoms with Crippen molar-refractivity contribution in [2.45, 2.75) is 31.6 Å². The Morgan fingerprint density at radius 1 is 1.35 bits per heavy atom. The molecule has 1 aliphatic heterocycles. The van der Waals surface area contributed by atoms with Crippen molar-refractivity contribution in [3.8, 4) is 0 Å². The van der Waals surface area contributed by atoms with Crippen molar-refractivity contribution >= 4 is 15.5 Å². The lowest BCUT2D eigenvalue weighted by Crippen LogP contribution is -2.31. The maximum atomic E-state index is 12.4. The quantitative estimate of drug-likeness (QED) is 0.903. The molecule has 112 valence electrons. The molecule has 1 heterocycles. The monoisotopic (exact) mass is 296 g/mol. The Hall–Kier alpha value is -1.07. The van der Waals surface area contributed by atoms with Crippen LogP contribution in [0.15, 0.2) is 29.2 Å². The largest absolute Gasteiger partial charge is 0.370 e. The van der Waals surface area contributed by atoms with E-state index in [9.17, 15) is 8.42 Å². The van der Waals surface area contributed by atoms with E-state index < -0.39 is 9.84 Å². The van der Waals surface area contributed by atoms with Gasteiger partial charge in [-0.25, -0.2) is 8.42 Å². The third kappa shape index (κ3) is 2.99. The van der Waals surface area contributed by atoms with Crippen LogP contribution in [0.5, 0.6) is 0 Å². The van der Waals surface area contributed by atoms with E-state index in [1.54, 1.807) is 12.1 Å². The van der Waals surface area contributed by atoms with Crippen LogP contribution in [0.1, 0.15) is 26.7 Å². The van der Waals surface area contributed by atoms with Gasteiger partial charge in [0.05, 0.1) is 16.3 Å². The minimum atomic E-state index is -3.20. The number of para-hydroxylation sites is 1. The van der Waals surface area contributed by atoms with Gasteiger partial charge in [-0.3, -0.25) is 0 Å². The van der Waals surface area contributed by atoms with Gasteiger partial charge in [0.25, 0.3) is 0 Å². The summed E-state index contributed by atoms with van der Waals surface area (Å²) in [6.45, 7) is 6.37. The van der Waals surface area contributed by atoms with Crippen LogP contribution in [0.4, 0.5) is 5.69 Å². The molecule has 4 nitrogen and oxygen atoms in total. The van der Waals surface area contributed by atoms with Gasteiger partial charge in [0.1, 0.15) is 0 Å². The van der Waals surface area contributed by atoms with Crippen molar-refractivity contribution in [3.63, 3.8) is 0 Å². The van der Waals surface area contributed by atoms with Gasteiger partial charge in [0, 0.05) is 13.1 Å². The predicted octanol–water partition coefficient (Wildman–Crippen LogP) is 2.05. The molecule has 0 aliphatic carbocycles. The van der Waals surface area contributed by atoms with Crippen molar-refractivity contribution in [1.82, 2.24) is 0 Å². The lowest BCUT2D eigenvalue weighted by atomic mass is 9.90. The lowest BCUT2D eigenvalue weighted by molar-refractivity contribution is 0.383. The molecule has 1 unspecified atom stereocenters. The first-order chi connectivity index (χ1) is 9.42. The normalized spacial score (nSPS) is 23.2. The maximum absolute atomic E-state index is 12.4. The maximum Gasteiger partial charge on any atom is 0.180 e. The third-order valence-electron chi connectivity index (χ3n) is 4.06. The Bertz CT molecular complexity index is 571. The van der Waals surface area contributed by atoms with E-state index >= 15 is 0 Å². The second-order valence-corrected chi connectivity index (χ2v) is 8.05. The summed E-state index contributed by atoms with van der Waals surface area (Å²) in [4.78, 5) is 2.62. The van der Waals surface area contributed by atoms with Crippen molar-refractivity contribution < 1.29 is 8.42 Å². The van der Waals surface area contributed by atoms with Gasteiger partial charge in [-0.05, 0) is 36.9 Å². The minimum absolute atomic E-state index is 0.0850. The fourth-order valence-electron chi connectivity index (χ4n) is 2.76. The van der Waals surface area contributed by atoms with Crippen molar-refractivity contribution in [2.24, 2.45) is 11.1 Å². The van der Waals surface area contributed by atoms with Crippen molar-refractivity contribution in [3.05, 3.63) is 24.3 Å². The fraction of sp³-hybridized carbons (Fsp3) is 0.600. The van der Waals surface area contributed by atoms with E-state index in [0.717, 1.165) is 25.2 Å². The average Bonchev–Trinajstić information content (AvgIpc) is 2.82. The number of anilines is 1. The molecule has 1 aromatic carbocycles. The molecule has 5 heteroatoms. The summed E-state index contributed by atoms with van der Waals surface area (Å²) in [5.41, 5.74) is 6.75. The van der Waals surface area contributed by atoms with Crippen LogP contribution in [-0.4, -0.2) is 33.8 Å². The van der Waals surface area contributed by atoms with E-state index in [-0.39, 0.29) is 11.2 Å². The molecule has 1 aliphatic rings. The molecular weight excluding hydrogens is 272 g/mol. The van der Waals surface area contributed by atoms with Gasteiger partial charge in [-0.15, -0.1) is 0 Å². The number of sulfone groups is 1. The van der Waals surface area contributed by atoms with E-state index in [1.807, 2.05) is 19.1 Å². The smallest absolute Gasteiger partial charge is 0.180 e. The van der Waals surface area contributed by atoms with Crippen LogP contribution < -0.4 is 10.6 Å². The summed E-state index contributed by atoms with van der Waals surface area (Å²) >= 11 is 0. The molecular formula is C15H24N2O2S. The van der Waals surface area contributed by atoms with E-state index in [4.69, 9.17) is 5.73 Å². The highest BCUT2D eigenvalue weighted by Gasteiger charge is 2.34. The lowest BCUT2D eigenvalue weighted by Gasteiger charge is -2.25. The van der Waals surface area contributed by atoms with Crippen molar-refractivity contribution in [1.29, 1.82) is 0 Å². The highest BCUT2D eigenvalue weighted by molar-refractivity contribution is 7.91. The van der Waals surface area contributed by atoms with Crippen LogP contribution in [0.25, 0.3) is 0 Å². The zero-order valence-corrected chi connectivity index (χ0v) is 13.1. The number of nitrogens with two attached hydrogens (primary N) is 1. The molecule has 0 aromatic heterocycles. The minimum Gasteiger partial charge on any atom is -0.370 e. The number of hydrogen-bond acceptors (Lipinski definition) is 4. The Labute approximate surface area is 121 Å². The molecule has 20 heavy (non-hydrogen) atoms. The molecule has 1 atom stereocenters. The summed E-state index contributed by atoms with van der Waals surface area (Å²) in [5, 5.41) is 0. The Kier molecular flexibility index (Phi) is 4.39. The summed E-state index contributed by atoms with van der Waals surface area (Å²) in [5.74, 6) is 0.200. The van der Waals surface area contributed by atoms with Crippen molar-refractivity contribution in [2.75, 3.05) is 30.3 Å². The molecule has 0 amide bonds. The third-order valence-corrected chi connectivity index (χ3v) is 6.03. The van der Waals surface area contributed by atoms with E-state index in [0.29, 0.717) is 17.9 Å². The Morgan fingerprint density at radius 3 is 2.65 bits per heavy atom. The van der Waals surface area contributed by atoms with Crippen LogP contribution >= 0.6 is 0 Å².